The molecule has 12 heteroatoms. The maximum atomic E-state index is 12.5. The lowest BCUT2D eigenvalue weighted by molar-refractivity contribution is -0.120. The van der Waals surface area contributed by atoms with Gasteiger partial charge in [0.2, 0.25) is 15.9 Å². The number of hydrogen-bond donors (Lipinski definition) is 2. The second kappa shape index (κ2) is 6.71. The molecular weight excluding hydrogens is 384 g/mol. The van der Waals surface area contributed by atoms with Crippen molar-refractivity contribution in [1.82, 2.24) is 25.0 Å². The van der Waals surface area contributed by atoms with Crippen LogP contribution in [0.15, 0.2) is 30.6 Å². The van der Waals surface area contributed by atoms with Gasteiger partial charge in [-0.15, -0.1) is 5.10 Å². The Morgan fingerprint density at radius 3 is 2.71 bits per heavy atom. The van der Waals surface area contributed by atoms with Gasteiger partial charge in [0.05, 0.1) is 17.9 Å². The van der Waals surface area contributed by atoms with Crippen LogP contribution in [0.5, 0.6) is 0 Å². The van der Waals surface area contributed by atoms with E-state index in [9.17, 15) is 13.2 Å². The predicted octanol–water partition coefficient (Wildman–Crippen LogP) is 0.205. The molecule has 146 valence electrons. The summed E-state index contributed by atoms with van der Waals surface area (Å²) in [5.74, 6) is 0.298. The largest absolute Gasteiger partial charge is 0.353 e. The molecule has 0 unspecified atom stereocenters. The average molecular weight is 402 g/mol. The van der Waals surface area contributed by atoms with Crippen LogP contribution in [0.25, 0.3) is 11.2 Å². The molecule has 1 aromatic carbocycles. The van der Waals surface area contributed by atoms with Crippen LogP contribution in [0.1, 0.15) is 0 Å². The molecule has 1 fully saturated rings. The number of amides is 1. The van der Waals surface area contributed by atoms with E-state index in [1.807, 2.05) is 4.90 Å². The van der Waals surface area contributed by atoms with Crippen LogP contribution in [0.3, 0.4) is 0 Å². The molecule has 0 aliphatic carbocycles. The normalized spacial score (nSPS) is 14.7. The number of nitrogens with zero attached hydrogens (tertiary/aromatic N) is 6. The van der Waals surface area contributed by atoms with Crippen molar-refractivity contribution in [2.75, 3.05) is 34.3 Å². The number of sulfonamides is 1. The van der Waals surface area contributed by atoms with Gasteiger partial charge in [-0.3, -0.25) is 9.52 Å². The number of hydrogen-bond acceptors (Lipinski definition) is 8. The van der Waals surface area contributed by atoms with Gasteiger partial charge in [-0.25, -0.2) is 23.1 Å². The molecule has 1 saturated heterocycles. The Hall–Kier alpha value is -3.28. The second-order valence-electron chi connectivity index (χ2n) is 6.63. The number of anilines is 3. The molecule has 4 rings (SSSR count). The van der Waals surface area contributed by atoms with Gasteiger partial charge in [-0.05, 0) is 18.2 Å². The zero-order chi connectivity index (χ0) is 19.9. The number of nitrogens with one attached hydrogen (secondary N) is 2. The molecule has 0 spiro atoms. The number of rotatable bonds is 5. The van der Waals surface area contributed by atoms with Crippen LogP contribution in [-0.2, 0) is 21.9 Å². The van der Waals surface area contributed by atoms with E-state index in [1.54, 1.807) is 36.0 Å². The standard InChI is InChI=1S/C16H18N8O3S/c1-23-14-13(20-22-23)15(18-9-17-14)24-7-10(8-24)16(25)19-11-4-3-5-12(6-11)21-28(2,26)27/h3-6,9-10,21H,7-8H2,1-2H3,(H,19,25). The maximum Gasteiger partial charge on any atom is 0.231 e. The summed E-state index contributed by atoms with van der Waals surface area (Å²) in [6.07, 6.45) is 2.52. The summed E-state index contributed by atoms with van der Waals surface area (Å²) in [4.78, 5) is 22.9. The lowest BCUT2D eigenvalue weighted by atomic mass is 9.99. The summed E-state index contributed by atoms with van der Waals surface area (Å²) < 4.78 is 26.6. The summed E-state index contributed by atoms with van der Waals surface area (Å²) in [7, 11) is -1.63. The Morgan fingerprint density at radius 1 is 1.21 bits per heavy atom. The number of carbonyl (C=O) groups is 1. The van der Waals surface area contributed by atoms with E-state index in [0.717, 1.165) is 6.26 Å². The van der Waals surface area contributed by atoms with E-state index in [-0.39, 0.29) is 11.8 Å². The van der Waals surface area contributed by atoms with Crippen molar-refractivity contribution in [2.45, 2.75) is 0 Å². The third-order valence-corrected chi connectivity index (χ3v) is 4.96. The SMILES string of the molecule is Cn1nnc2c(N3CC(C(=O)Nc4cccc(NS(C)(=O)=O)c4)C3)ncnc21. The van der Waals surface area contributed by atoms with Gasteiger partial charge in [0.15, 0.2) is 17.0 Å². The monoisotopic (exact) mass is 402 g/mol. The Labute approximate surface area is 160 Å². The van der Waals surface area contributed by atoms with Gasteiger partial charge in [0.25, 0.3) is 0 Å². The number of carbonyl (C=O) groups excluding carboxylic acids is 1. The van der Waals surface area contributed by atoms with Crippen molar-refractivity contribution in [3.63, 3.8) is 0 Å². The van der Waals surface area contributed by atoms with Gasteiger partial charge >= 0.3 is 0 Å². The van der Waals surface area contributed by atoms with Gasteiger partial charge < -0.3 is 10.2 Å². The minimum Gasteiger partial charge on any atom is -0.353 e. The number of fused-ring (bicyclic) bond motifs is 1. The van der Waals surface area contributed by atoms with Gasteiger partial charge in [-0.1, -0.05) is 11.3 Å². The molecule has 28 heavy (non-hydrogen) atoms. The Bertz CT molecular complexity index is 1150. The molecule has 1 aliphatic heterocycles. The van der Waals surface area contributed by atoms with E-state index >= 15 is 0 Å². The van der Waals surface area contributed by atoms with Crippen molar-refractivity contribution in [1.29, 1.82) is 0 Å². The highest BCUT2D eigenvalue weighted by molar-refractivity contribution is 7.92. The molecule has 2 aromatic heterocycles. The number of benzene rings is 1. The van der Waals surface area contributed by atoms with Crippen LogP contribution in [0, 0.1) is 5.92 Å². The Kier molecular flexibility index (Phi) is 4.34. The molecule has 0 saturated carbocycles. The summed E-state index contributed by atoms with van der Waals surface area (Å²) in [5.41, 5.74) is 2.15. The minimum absolute atomic E-state index is 0.141. The van der Waals surface area contributed by atoms with Crippen LogP contribution in [-0.4, -0.2) is 58.6 Å². The van der Waals surface area contributed by atoms with Crippen molar-refractivity contribution >= 4 is 44.3 Å². The third-order valence-electron chi connectivity index (χ3n) is 4.35. The average Bonchev–Trinajstić information content (AvgIpc) is 2.94. The summed E-state index contributed by atoms with van der Waals surface area (Å²) >= 11 is 0. The molecule has 3 aromatic rings. The number of aromatic nitrogens is 5. The Balaban J connectivity index is 1.41. The van der Waals surface area contributed by atoms with Crippen LogP contribution in [0.4, 0.5) is 17.2 Å². The second-order valence-corrected chi connectivity index (χ2v) is 8.38. The highest BCUT2D eigenvalue weighted by Crippen LogP contribution is 2.28. The molecule has 1 aliphatic rings. The maximum absolute atomic E-state index is 12.5. The predicted molar refractivity (Wildman–Crippen MR) is 103 cm³/mol. The molecule has 0 radical (unpaired) electrons. The molecule has 2 N–H and O–H groups in total. The van der Waals surface area contributed by atoms with Gasteiger partial charge in [0.1, 0.15) is 6.33 Å². The highest BCUT2D eigenvalue weighted by atomic mass is 32.2. The molecule has 3 heterocycles. The van der Waals surface area contributed by atoms with Crippen LogP contribution >= 0.6 is 0 Å². The van der Waals surface area contributed by atoms with Crippen LogP contribution < -0.4 is 14.9 Å². The first-order valence-electron chi connectivity index (χ1n) is 8.44. The van der Waals surface area contributed by atoms with Crippen molar-refractivity contribution in [3.05, 3.63) is 30.6 Å². The fraction of sp³-hybridized carbons (Fsp3) is 0.312. The Morgan fingerprint density at radius 2 is 1.96 bits per heavy atom. The lowest BCUT2D eigenvalue weighted by Gasteiger charge is -2.38. The molecule has 0 atom stereocenters. The molecule has 0 bridgehead atoms. The minimum atomic E-state index is -3.38. The van der Waals surface area contributed by atoms with Crippen molar-refractivity contribution in [3.8, 4) is 0 Å². The summed E-state index contributed by atoms with van der Waals surface area (Å²) in [5, 5.41) is 10.9. The molecule has 11 nitrogen and oxygen atoms in total. The van der Waals surface area contributed by atoms with E-state index in [4.69, 9.17) is 0 Å². The molecular formula is C16H18N8O3S. The van der Waals surface area contributed by atoms with E-state index < -0.39 is 10.0 Å². The third kappa shape index (κ3) is 3.58. The quantitative estimate of drug-likeness (QED) is 0.618. The van der Waals surface area contributed by atoms with E-state index in [1.165, 1.54) is 6.33 Å². The lowest BCUT2D eigenvalue weighted by Crippen LogP contribution is -2.52. The first-order valence-corrected chi connectivity index (χ1v) is 10.3. The highest BCUT2D eigenvalue weighted by Gasteiger charge is 2.35. The topological polar surface area (TPSA) is 135 Å². The van der Waals surface area contributed by atoms with Crippen molar-refractivity contribution in [2.24, 2.45) is 13.0 Å². The van der Waals surface area contributed by atoms with E-state index in [2.05, 4.69) is 30.3 Å². The molecule has 1 amide bonds. The fourth-order valence-electron chi connectivity index (χ4n) is 3.01. The summed E-state index contributed by atoms with van der Waals surface area (Å²) in [6.45, 7) is 0.992. The number of aryl methyl sites for hydroxylation is 1. The first kappa shape index (κ1) is 18.1. The zero-order valence-corrected chi connectivity index (χ0v) is 16.0. The van der Waals surface area contributed by atoms with Gasteiger partial charge in [0, 0.05) is 25.8 Å². The van der Waals surface area contributed by atoms with Crippen molar-refractivity contribution < 1.29 is 13.2 Å². The first-order chi connectivity index (χ1) is 13.3. The van der Waals surface area contributed by atoms with E-state index in [0.29, 0.717) is 41.4 Å². The zero-order valence-electron chi connectivity index (χ0n) is 15.2. The fourth-order valence-corrected chi connectivity index (χ4v) is 3.56. The summed E-state index contributed by atoms with van der Waals surface area (Å²) in [6, 6.07) is 6.56. The van der Waals surface area contributed by atoms with Gasteiger partial charge in [-0.2, -0.15) is 0 Å². The van der Waals surface area contributed by atoms with Crippen LogP contribution in [0.2, 0.25) is 0 Å². The smallest absolute Gasteiger partial charge is 0.231 e.